The van der Waals surface area contributed by atoms with Crippen molar-refractivity contribution in [2.75, 3.05) is 51.3 Å². The lowest BCUT2D eigenvalue weighted by Gasteiger charge is -2.30. The van der Waals surface area contributed by atoms with Gasteiger partial charge >= 0.3 is 0 Å². The average Bonchev–Trinajstić information content (AvgIpc) is 3.37. The minimum Gasteiger partial charge on any atom is -0.378 e. The van der Waals surface area contributed by atoms with E-state index in [1.54, 1.807) is 0 Å². The van der Waals surface area contributed by atoms with Crippen LogP contribution < -0.4 is 15.5 Å². The summed E-state index contributed by atoms with van der Waals surface area (Å²) < 4.78 is 5.60. The van der Waals surface area contributed by atoms with Crippen LogP contribution >= 0.6 is 0 Å². The lowest BCUT2D eigenvalue weighted by atomic mass is 10.0. The molecule has 0 bridgehead atoms. The van der Waals surface area contributed by atoms with Gasteiger partial charge in [0.25, 0.3) is 0 Å². The van der Waals surface area contributed by atoms with Gasteiger partial charge in [-0.05, 0) is 31.7 Å². The van der Waals surface area contributed by atoms with Gasteiger partial charge in [-0.3, -0.25) is 5.10 Å². The summed E-state index contributed by atoms with van der Waals surface area (Å²) in [6, 6.07) is 14.7. The predicted molar refractivity (Wildman–Crippen MR) is 136 cm³/mol. The highest BCUT2D eigenvalue weighted by atomic mass is 16.5. The topological polar surface area (TPSA) is 91.0 Å². The van der Waals surface area contributed by atoms with Crippen molar-refractivity contribution in [1.29, 1.82) is 0 Å². The second-order valence-corrected chi connectivity index (χ2v) is 8.56. The summed E-state index contributed by atoms with van der Waals surface area (Å²) in [4.78, 5) is 12.5. The zero-order valence-corrected chi connectivity index (χ0v) is 19.8. The molecule has 0 unspecified atom stereocenters. The third-order valence-electron chi connectivity index (χ3n) is 6.24. The van der Waals surface area contributed by atoms with Gasteiger partial charge < -0.3 is 20.3 Å². The van der Waals surface area contributed by atoms with Crippen LogP contribution in [0.1, 0.15) is 11.1 Å². The largest absolute Gasteiger partial charge is 0.378 e. The zero-order valence-electron chi connectivity index (χ0n) is 19.8. The number of hydrogen-bond acceptors (Lipinski definition) is 7. The molecule has 1 saturated heterocycles. The van der Waals surface area contributed by atoms with Crippen LogP contribution in [0.5, 0.6) is 0 Å². The normalized spacial score (nSPS) is 14.1. The van der Waals surface area contributed by atoms with Gasteiger partial charge in [0.15, 0.2) is 5.82 Å². The van der Waals surface area contributed by atoms with Crippen molar-refractivity contribution in [3.8, 4) is 22.6 Å². The molecule has 2 aromatic carbocycles. The standard InChI is InChI=1S/C26H31N7O/c1-18-24(21-7-4-8-23-22(21)17-29-32-23)30-25(31-26(18)33-11-13-34-14-12-33)20-6-3-5-19(15-20)16-28-10-9-27-2/h3-8,15,17,27-28H,9-14,16H2,1-2H3,(H,29,32). The number of anilines is 1. The molecule has 0 saturated carbocycles. The number of fused-ring (bicyclic) bond motifs is 1. The van der Waals surface area contributed by atoms with Gasteiger partial charge in [0.05, 0.1) is 30.6 Å². The van der Waals surface area contributed by atoms with E-state index in [9.17, 15) is 0 Å². The van der Waals surface area contributed by atoms with Crippen LogP contribution in [0, 0.1) is 6.92 Å². The Morgan fingerprint density at radius 2 is 1.91 bits per heavy atom. The number of benzene rings is 2. The first-order valence-corrected chi connectivity index (χ1v) is 11.8. The van der Waals surface area contributed by atoms with E-state index < -0.39 is 0 Å². The first kappa shape index (κ1) is 22.5. The molecule has 4 aromatic rings. The van der Waals surface area contributed by atoms with E-state index in [1.807, 2.05) is 25.4 Å². The molecule has 0 spiro atoms. The number of H-pyrrole nitrogens is 1. The van der Waals surface area contributed by atoms with Crippen LogP contribution in [0.3, 0.4) is 0 Å². The van der Waals surface area contributed by atoms with Crippen molar-refractivity contribution in [1.82, 2.24) is 30.8 Å². The molecule has 3 heterocycles. The summed E-state index contributed by atoms with van der Waals surface area (Å²) in [5.74, 6) is 1.71. The Kier molecular flexibility index (Phi) is 6.80. The average molecular weight is 458 g/mol. The molecule has 0 radical (unpaired) electrons. The van der Waals surface area contributed by atoms with Gasteiger partial charge in [0, 0.05) is 54.8 Å². The van der Waals surface area contributed by atoms with Crippen LogP contribution in [-0.2, 0) is 11.3 Å². The molecule has 1 fully saturated rings. The van der Waals surface area contributed by atoms with Crippen molar-refractivity contribution in [2.24, 2.45) is 0 Å². The van der Waals surface area contributed by atoms with Crippen LogP contribution in [-0.4, -0.2) is 66.6 Å². The van der Waals surface area contributed by atoms with E-state index in [0.29, 0.717) is 13.2 Å². The van der Waals surface area contributed by atoms with Gasteiger partial charge in [-0.2, -0.15) is 5.10 Å². The van der Waals surface area contributed by atoms with E-state index in [0.717, 1.165) is 77.7 Å². The molecule has 176 valence electrons. The molecule has 2 aromatic heterocycles. The second-order valence-electron chi connectivity index (χ2n) is 8.56. The van der Waals surface area contributed by atoms with Crippen molar-refractivity contribution in [3.05, 3.63) is 59.8 Å². The maximum absolute atomic E-state index is 5.60. The van der Waals surface area contributed by atoms with Gasteiger partial charge in [-0.1, -0.05) is 30.3 Å². The molecule has 0 amide bonds. The summed E-state index contributed by atoms with van der Waals surface area (Å²) in [5.41, 5.74) is 6.30. The number of hydrogen-bond donors (Lipinski definition) is 3. The Morgan fingerprint density at radius 3 is 2.76 bits per heavy atom. The monoisotopic (exact) mass is 457 g/mol. The van der Waals surface area contributed by atoms with E-state index in [-0.39, 0.29) is 0 Å². The van der Waals surface area contributed by atoms with Crippen molar-refractivity contribution >= 4 is 16.7 Å². The van der Waals surface area contributed by atoms with Crippen LogP contribution in [0.15, 0.2) is 48.7 Å². The van der Waals surface area contributed by atoms with Crippen molar-refractivity contribution in [3.63, 3.8) is 0 Å². The SMILES string of the molecule is CNCCNCc1cccc(-c2nc(-c3cccc4[nH]ncc34)c(C)c(N3CCOCC3)n2)c1. The molecular formula is C26H31N7O. The Hall–Kier alpha value is -3.33. The van der Waals surface area contributed by atoms with E-state index >= 15 is 0 Å². The quantitative estimate of drug-likeness (QED) is 0.350. The summed E-state index contributed by atoms with van der Waals surface area (Å²) in [7, 11) is 1.96. The summed E-state index contributed by atoms with van der Waals surface area (Å²) >= 11 is 0. The van der Waals surface area contributed by atoms with Gasteiger partial charge in [0.2, 0.25) is 0 Å². The van der Waals surface area contributed by atoms with Crippen LogP contribution in [0.4, 0.5) is 5.82 Å². The smallest absolute Gasteiger partial charge is 0.162 e. The highest BCUT2D eigenvalue weighted by Gasteiger charge is 2.21. The Balaban J connectivity index is 1.59. The van der Waals surface area contributed by atoms with Gasteiger partial charge in [0.1, 0.15) is 5.82 Å². The number of rotatable bonds is 8. The molecule has 34 heavy (non-hydrogen) atoms. The van der Waals surface area contributed by atoms with Crippen molar-refractivity contribution < 1.29 is 4.74 Å². The zero-order chi connectivity index (χ0) is 23.3. The fraction of sp³-hybridized carbons (Fsp3) is 0.346. The Labute approximate surface area is 199 Å². The molecule has 0 aliphatic carbocycles. The second kappa shape index (κ2) is 10.3. The summed E-state index contributed by atoms with van der Waals surface area (Å²) in [6.07, 6.45) is 1.87. The lowest BCUT2D eigenvalue weighted by molar-refractivity contribution is 0.122. The van der Waals surface area contributed by atoms with Gasteiger partial charge in [-0.25, -0.2) is 9.97 Å². The van der Waals surface area contributed by atoms with Crippen LogP contribution in [0.2, 0.25) is 0 Å². The Bertz CT molecular complexity index is 1260. The molecule has 8 heteroatoms. The number of nitrogens with one attached hydrogen (secondary N) is 3. The number of nitrogens with zero attached hydrogens (tertiary/aromatic N) is 4. The van der Waals surface area contributed by atoms with E-state index in [1.165, 1.54) is 5.56 Å². The van der Waals surface area contributed by atoms with Crippen LogP contribution in [0.25, 0.3) is 33.5 Å². The Morgan fingerprint density at radius 1 is 1.06 bits per heavy atom. The number of aromatic amines is 1. The summed E-state index contributed by atoms with van der Waals surface area (Å²) in [5, 5.41) is 15.0. The lowest BCUT2D eigenvalue weighted by Crippen LogP contribution is -2.37. The number of ether oxygens (including phenoxy) is 1. The van der Waals surface area contributed by atoms with Crippen molar-refractivity contribution in [2.45, 2.75) is 13.5 Å². The molecule has 1 aliphatic heterocycles. The number of morpholine rings is 1. The molecular weight excluding hydrogens is 426 g/mol. The summed E-state index contributed by atoms with van der Waals surface area (Å²) in [6.45, 7) is 7.83. The van der Waals surface area contributed by atoms with Gasteiger partial charge in [-0.15, -0.1) is 0 Å². The maximum atomic E-state index is 5.60. The van der Waals surface area contributed by atoms with E-state index in [2.05, 4.69) is 63.0 Å². The third kappa shape index (κ3) is 4.65. The maximum Gasteiger partial charge on any atom is 0.162 e. The molecule has 1 aliphatic rings. The molecule has 3 N–H and O–H groups in total. The minimum absolute atomic E-state index is 0.708. The molecule has 0 atom stereocenters. The number of likely N-dealkylation sites (N-methyl/N-ethyl adjacent to an activating group) is 1. The molecule has 5 rings (SSSR count). The molecule has 8 nitrogen and oxygen atoms in total. The predicted octanol–water partition coefficient (Wildman–Crippen LogP) is 3.14. The van der Waals surface area contributed by atoms with E-state index in [4.69, 9.17) is 14.7 Å². The number of aromatic nitrogens is 4. The highest BCUT2D eigenvalue weighted by molar-refractivity contribution is 5.95. The third-order valence-corrected chi connectivity index (χ3v) is 6.24. The highest BCUT2D eigenvalue weighted by Crippen LogP contribution is 2.34. The first-order chi connectivity index (χ1) is 16.7. The first-order valence-electron chi connectivity index (χ1n) is 11.8. The fourth-order valence-electron chi connectivity index (χ4n) is 4.42. The fourth-order valence-corrected chi connectivity index (χ4v) is 4.42. The minimum atomic E-state index is 0.708.